The lowest BCUT2D eigenvalue weighted by molar-refractivity contribution is -0.148. The number of halogens is 1. The van der Waals surface area contributed by atoms with Gasteiger partial charge in [-0.05, 0) is 49.8 Å². The zero-order valence-electron chi connectivity index (χ0n) is 14.4. The highest BCUT2D eigenvalue weighted by Crippen LogP contribution is 2.42. The molecular formula is C19H24FN3O2. The first-order chi connectivity index (χ1) is 12.1. The van der Waals surface area contributed by atoms with Crippen molar-refractivity contribution in [1.82, 2.24) is 14.8 Å². The maximum Gasteiger partial charge on any atom is 0.230 e. The molecule has 1 aromatic rings. The Morgan fingerprint density at radius 1 is 1.24 bits per heavy atom. The third kappa shape index (κ3) is 3.02. The molecule has 1 atom stereocenters. The minimum atomic E-state index is -0.823. The van der Waals surface area contributed by atoms with Crippen molar-refractivity contribution in [3.8, 4) is 0 Å². The van der Waals surface area contributed by atoms with Crippen LogP contribution in [0.4, 0.5) is 4.39 Å². The van der Waals surface area contributed by atoms with Crippen molar-refractivity contribution in [3.05, 3.63) is 30.1 Å². The molecule has 4 rings (SSSR count). The van der Waals surface area contributed by atoms with Crippen LogP contribution in [0.1, 0.15) is 37.7 Å². The van der Waals surface area contributed by atoms with Crippen LogP contribution in [0, 0.1) is 11.3 Å². The fourth-order valence-electron chi connectivity index (χ4n) is 4.46. The number of carbonyl (C=O) groups excluding carboxylic acids is 2. The number of hydrogen-bond acceptors (Lipinski definition) is 3. The molecule has 3 aliphatic rings. The van der Waals surface area contributed by atoms with E-state index in [1.165, 1.54) is 0 Å². The first-order valence-electron chi connectivity index (χ1n) is 9.18. The maximum atomic E-state index is 13.1. The van der Waals surface area contributed by atoms with Gasteiger partial charge >= 0.3 is 0 Å². The van der Waals surface area contributed by atoms with Crippen LogP contribution in [0.3, 0.4) is 0 Å². The fraction of sp³-hybridized carbons (Fsp3) is 0.632. The van der Waals surface area contributed by atoms with Gasteiger partial charge in [-0.1, -0.05) is 0 Å². The molecule has 0 N–H and O–H groups in total. The Morgan fingerprint density at radius 3 is 2.72 bits per heavy atom. The molecule has 0 bridgehead atoms. The zero-order valence-corrected chi connectivity index (χ0v) is 14.4. The molecule has 1 saturated carbocycles. The quantitative estimate of drug-likeness (QED) is 0.844. The van der Waals surface area contributed by atoms with Gasteiger partial charge < -0.3 is 9.80 Å². The highest BCUT2D eigenvalue weighted by atomic mass is 19.1. The third-order valence-corrected chi connectivity index (χ3v) is 6.04. The van der Waals surface area contributed by atoms with Gasteiger partial charge in [0.1, 0.15) is 6.17 Å². The zero-order chi connectivity index (χ0) is 17.4. The van der Waals surface area contributed by atoms with Crippen molar-refractivity contribution in [2.24, 2.45) is 11.3 Å². The lowest BCUT2D eigenvalue weighted by atomic mass is 9.76. The summed E-state index contributed by atoms with van der Waals surface area (Å²) in [7, 11) is 0. The standard InChI is InChI=1S/C19H24FN3O2/c20-16-10-15(11-16)17(24)23-8-1-4-19(13-23)5-9-22(18(19)25)12-14-2-6-21-7-3-14/h2-3,6-7,15-16H,1,4-5,8-13H2/t15?,16?,19-/m1/s1. The molecule has 3 heterocycles. The summed E-state index contributed by atoms with van der Waals surface area (Å²) in [4.78, 5) is 33.4. The summed E-state index contributed by atoms with van der Waals surface area (Å²) in [6.45, 7) is 2.54. The van der Waals surface area contributed by atoms with E-state index in [2.05, 4.69) is 4.98 Å². The van der Waals surface area contributed by atoms with E-state index in [1.54, 1.807) is 12.4 Å². The Labute approximate surface area is 147 Å². The van der Waals surface area contributed by atoms with Crippen LogP contribution in [0.2, 0.25) is 0 Å². The Balaban J connectivity index is 1.43. The van der Waals surface area contributed by atoms with E-state index in [0.717, 1.165) is 31.4 Å². The SMILES string of the molecule is O=C(C1CC(F)C1)N1CCC[C@@]2(CCN(Cc3ccncc3)C2=O)C1. The molecule has 0 unspecified atom stereocenters. The predicted octanol–water partition coefficient (Wildman–Crippen LogP) is 2.17. The molecule has 0 radical (unpaired) electrons. The van der Waals surface area contributed by atoms with E-state index in [9.17, 15) is 14.0 Å². The number of pyridine rings is 1. The number of likely N-dealkylation sites (tertiary alicyclic amines) is 2. The first-order valence-corrected chi connectivity index (χ1v) is 9.18. The largest absolute Gasteiger partial charge is 0.341 e. The summed E-state index contributed by atoms with van der Waals surface area (Å²) < 4.78 is 13.1. The molecule has 2 aliphatic heterocycles. The maximum absolute atomic E-state index is 13.1. The molecule has 1 spiro atoms. The fourth-order valence-corrected chi connectivity index (χ4v) is 4.46. The first kappa shape index (κ1) is 16.5. The molecule has 2 amide bonds. The van der Waals surface area contributed by atoms with Gasteiger partial charge in [-0.25, -0.2) is 4.39 Å². The molecule has 1 aromatic heterocycles. The topological polar surface area (TPSA) is 53.5 Å². The summed E-state index contributed by atoms with van der Waals surface area (Å²) in [5.74, 6) is 0.0433. The smallest absolute Gasteiger partial charge is 0.230 e. The van der Waals surface area contributed by atoms with Gasteiger partial charge in [0.2, 0.25) is 11.8 Å². The number of alkyl halides is 1. The van der Waals surface area contributed by atoms with Gasteiger partial charge in [-0.2, -0.15) is 0 Å². The second-order valence-electron chi connectivity index (χ2n) is 7.74. The van der Waals surface area contributed by atoms with Gasteiger partial charge in [-0.3, -0.25) is 14.6 Å². The average molecular weight is 345 g/mol. The van der Waals surface area contributed by atoms with Crippen LogP contribution in [0.25, 0.3) is 0 Å². The summed E-state index contributed by atoms with van der Waals surface area (Å²) in [5.41, 5.74) is 0.646. The third-order valence-electron chi connectivity index (χ3n) is 6.04. The van der Waals surface area contributed by atoms with Crippen LogP contribution >= 0.6 is 0 Å². The van der Waals surface area contributed by atoms with E-state index < -0.39 is 11.6 Å². The Morgan fingerprint density at radius 2 is 2.00 bits per heavy atom. The molecule has 0 aromatic carbocycles. The van der Waals surface area contributed by atoms with Gasteiger partial charge in [0, 0.05) is 44.5 Å². The molecule has 25 heavy (non-hydrogen) atoms. The predicted molar refractivity (Wildman–Crippen MR) is 90.1 cm³/mol. The molecule has 134 valence electrons. The molecule has 2 saturated heterocycles. The van der Waals surface area contributed by atoms with Gasteiger partial charge in [-0.15, -0.1) is 0 Å². The molecule has 3 fully saturated rings. The number of aromatic nitrogens is 1. The number of piperidine rings is 1. The molecule has 1 aliphatic carbocycles. The highest BCUT2D eigenvalue weighted by Gasteiger charge is 2.50. The second kappa shape index (κ2) is 6.39. The van der Waals surface area contributed by atoms with Crippen molar-refractivity contribution < 1.29 is 14.0 Å². The van der Waals surface area contributed by atoms with Crippen molar-refractivity contribution in [2.45, 2.75) is 44.8 Å². The normalized spacial score (nSPS) is 32.1. The van der Waals surface area contributed by atoms with Crippen LogP contribution in [-0.2, 0) is 16.1 Å². The van der Waals surface area contributed by atoms with Crippen LogP contribution < -0.4 is 0 Å². The van der Waals surface area contributed by atoms with Crippen LogP contribution in [0.15, 0.2) is 24.5 Å². The summed E-state index contributed by atoms with van der Waals surface area (Å²) in [6.07, 6.45) is 5.86. The minimum absolute atomic E-state index is 0.0494. The second-order valence-corrected chi connectivity index (χ2v) is 7.74. The highest BCUT2D eigenvalue weighted by molar-refractivity contribution is 5.87. The van der Waals surface area contributed by atoms with Crippen molar-refractivity contribution in [1.29, 1.82) is 0 Å². The van der Waals surface area contributed by atoms with Crippen LogP contribution in [0.5, 0.6) is 0 Å². The molecule has 5 nitrogen and oxygen atoms in total. The van der Waals surface area contributed by atoms with Crippen LogP contribution in [-0.4, -0.2) is 52.4 Å². The van der Waals surface area contributed by atoms with Gasteiger partial charge in [0.25, 0.3) is 0 Å². The van der Waals surface area contributed by atoms with E-state index in [4.69, 9.17) is 0 Å². The number of hydrogen-bond donors (Lipinski definition) is 0. The monoisotopic (exact) mass is 345 g/mol. The molecular weight excluding hydrogens is 321 g/mol. The van der Waals surface area contributed by atoms with Crippen molar-refractivity contribution >= 4 is 11.8 Å². The van der Waals surface area contributed by atoms with Crippen molar-refractivity contribution in [2.75, 3.05) is 19.6 Å². The Kier molecular flexibility index (Phi) is 4.21. The Hall–Kier alpha value is -1.98. The van der Waals surface area contributed by atoms with Crippen molar-refractivity contribution in [3.63, 3.8) is 0 Å². The number of amides is 2. The summed E-state index contributed by atoms with van der Waals surface area (Å²) >= 11 is 0. The van der Waals surface area contributed by atoms with E-state index in [-0.39, 0.29) is 17.7 Å². The lowest BCUT2D eigenvalue weighted by Gasteiger charge is -2.42. The average Bonchev–Trinajstić information content (AvgIpc) is 2.89. The summed E-state index contributed by atoms with van der Waals surface area (Å²) in [5, 5.41) is 0. The minimum Gasteiger partial charge on any atom is -0.341 e. The molecule has 6 heteroatoms. The number of carbonyl (C=O) groups is 2. The lowest BCUT2D eigenvalue weighted by Crippen LogP contribution is -2.52. The van der Waals surface area contributed by atoms with E-state index in [0.29, 0.717) is 32.5 Å². The number of nitrogens with zero attached hydrogens (tertiary/aromatic N) is 3. The van der Waals surface area contributed by atoms with E-state index >= 15 is 0 Å². The number of rotatable bonds is 3. The summed E-state index contributed by atoms with van der Waals surface area (Å²) in [6, 6.07) is 3.86. The van der Waals surface area contributed by atoms with Gasteiger partial charge in [0.05, 0.1) is 5.41 Å². The van der Waals surface area contributed by atoms with Gasteiger partial charge in [0.15, 0.2) is 0 Å². The van der Waals surface area contributed by atoms with E-state index in [1.807, 2.05) is 21.9 Å². The Bertz CT molecular complexity index is 662.